The molecule has 0 bridgehead atoms. The van der Waals surface area contributed by atoms with Crippen LogP contribution in [0.15, 0.2) is 36.5 Å². The Labute approximate surface area is 133 Å². The molecule has 3 rings (SSSR count). The summed E-state index contributed by atoms with van der Waals surface area (Å²) in [6.07, 6.45) is 4.05. The molecule has 0 atom stereocenters. The summed E-state index contributed by atoms with van der Waals surface area (Å²) in [5.41, 5.74) is 1.40. The molecule has 7 heteroatoms. The second-order valence-corrected chi connectivity index (χ2v) is 5.93. The molecule has 1 amide bonds. The van der Waals surface area contributed by atoms with E-state index in [1.165, 1.54) is 10.9 Å². The Morgan fingerprint density at radius 2 is 2.00 bits per heavy atom. The predicted molar refractivity (Wildman–Crippen MR) is 81.3 cm³/mol. The molecule has 2 aromatic rings. The van der Waals surface area contributed by atoms with Gasteiger partial charge in [0.05, 0.1) is 18.2 Å². The quantitative estimate of drug-likeness (QED) is 0.794. The van der Waals surface area contributed by atoms with Crippen molar-refractivity contribution in [2.45, 2.75) is 32.4 Å². The molecule has 1 aromatic heterocycles. The first-order valence-corrected chi connectivity index (χ1v) is 7.50. The molecule has 1 fully saturated rings. The van der Waals surface area contributed by atoms with Gasteiger partial charge >= 0.3 is 5.97 Å². The zero-order valence-corrected chi connectivity index (χ0v) is 12.6. The fourth-order valence-electron chi connectivity index (χ4n) is 2.62. The van der Waals surface area contributed by atoms with Crippen molar-refractivity contribution in [1.82, 2.24) is 20.3 Å². The Morgan fingerprint density at radius 3 is 2.65 bits per heavy atom. The molecule has 0 aliphatic heterocycles. The normalized spacial score (nSPS) is 15.1. The predicted octanol–water partition coefficient (Wildman–Crippen LogP) is 1.00. The summed E-state index contributed by atoms with van der Waals surface area (Å²) < 4.78 is 1.24. The lowest BCUT2D eigenvalue weighted by Crippen LogP contribution is -2.33. The lowest BCUT2D eigenvalue weighted by molar-refractivity contribution is -0.138. The van der Waals surface area contributed by atoms with Gasteiger partial charge in [0.25, 0.3) is 0 Å². The summed E-state index contributed by atoms with van der Waals surface area (Å²) in [4.78, 5) is 23.0. The molecule has 1 heterocycles. The summed E-state index contributed by atoms with van der Waals surface area (Å²) in [6.45, 7) is 0.0217. The van der Waals surface area contributed by atoms with E-state index in [4.69, 9.17) is 5.11 Å². The molecule has 0 radical (unpaired) electrons. The Hall–Kier alpha value is -2.70. The van der Waals surface area contributed by atoms with Crippen LogP contribution in [0.4, 0.5) is 0 Å². The molecule has 1 saturated carbocycles. The number of aromatic nitrogens is 3. The van der Waals surface area contributed by atoms with Gasteiger partial charge < -0.3 is 10.4 Å². The maximum absolute atomic E-state index is 12.4. The number of benzene rings is 1. The van der Waals surface area contributed by atoms with E-state index < -0.39 is 5.97 Å². The third kappa shape index (κ3) is 3.74. The van der Waals surface area contributed by atoms with E-state index in [1.807, 2.05) is 30.3 Å². The highest BCUT2D eigenvalue weighted by molar-refractivity contribution is 5.85. The lowest BCUT2D eigenvalue weighted by atomic mass is 9.95. The second kappa shape index (κ2) is 6.20. The Morgan fingerprint density at radius 1 is 1.26 bits per heavy atom. The highest BCUT2D eigenvalue weighted by atomic mass is 16.4. The number of amides is 1. The summed E-state index contributed by atoms with van der Waals surface area (Å²) >= 11 is 0. The Bertz CT molecular complexity index is 707. The summed E-state index contributed by atoms with van der Waals surface area (Å²) in [6, 6.07) is 9.98. The van der Waals surface area contributed by atoms with E-state index >= 15 is 0 Å². The van der Waals surface area contributed by atoms with E-state index in [9.17, 15) is 9.59 Å². The molecule has 1 aromatic carbocycles. The van der Waals surface area contributed by atoms with Gasteiger partial charge in [0.2, 0.25) is 5.91 Å². The summed E-state index contributed by atoms with van der Waals surface area (Å²) in [5, 5.41) is 19.2. The topological polar surface area (TPSA) is 97.1 Å². The molecule has 1 aliphatic carbocycles. The van der Waals surface area contributed by atoms with Gasteiger partial charge in [-0.2, -0.15) is 0 Å². The molecule has 1 aliphatic rings. The number of hydrogen-bond donors (Lipinski definition) is 2. The van der Waals surface area contributed by atoms with Gasteiger partial charge in [-0.3, -0.25) is 9.59 Å². The highest BCUT2D eigenvalue weighted by Gasteiger charge is 2.49. The number of nitrogens with zero attached hydrogens (tertiary/aromatic N) is 3. The largest absolute Gasteiger partial charge is 0.480 e. The molecule has 7 nitrogen and oxygen atoms in total. The second-order valence-electron chi connectivity index (χ2n) is 5.93. The maximum atomic E-state index is 12.4. The van der Waals surface area contributed by atoms with Crippen LogP contribution in [-0.4, -0.2) is 32.0 Å². The van der Waals surface area contributed by atoms with Crippen LogP contribution in [0.5, 0.6) is 0 Å². The van der Waals surface area contributed by atoms with Gasteiger partial charge in [-0.1, -0.05) is 35.5 Å². The highest BCUT2D eigenvalue weighted by Crippen LogP contribution is 2.48. The van der Waals surface area contributed by atoms with Crippen LogP contribution in [0.25, 0.3) is 0 Å². The molecular weight excluding hydrogens is 296 g/mol. The van der Waals surface area contributed by atoms with Crippen molar-refractivity contribution in [3.8, 4) is 0 Å². The van der Waals surface area contributed by atoms with Gasteiger partial charge in [0.15, 0.2) is 0 Å². The van der Waals surface area contributed by atoms with Crippen molar-refractivity contribution in [2.75, 3.05) is 0 Å². The van der Waals surface area contributed by atoms with Gasteiger partial charge in [-0.25, -0.2) is 4.68 Å². The number of carboxylic acids is 1. The number of carboxylic acid groups (broad SMARTS) is 1. The van der Waals surface area contributed by atoms with Gasteiger partial charge in [0.1, 0.15) is 12.2 Å². The fourth-order valence-corrected chi connectivity index (χ4v) is 2.62. The number of aliphatic carboxylic acids is 1. The average Bonchev–Trinajstić information content (AvgIpc) is 3.17. The van der Waals surface area contributed by atoms with Crippen molar-refractivity contribution in [3.63, 3.8) is 0 Å². The number of hydrogen-bond acceptors (Lipinski definition) is 4. The zero-order chi connectivity index (χ0) is 16.3. The first-order chi connectivity index (χ1) is 11.1. The van der Waals surface area contributed by atoms with Crippen molar-refractivity contribution in [2.24, 2.45) is 5.41 Å². The van der Waals surface area contributed by atoms with Gasteiger partial charge in [-0.15, -0.1) is 5.10 Å². The minimum Gasteiger partial charge on any atom is -0.480 e. The van der Waals surface area contributed by atoms with Crippen molar-refractivity contribution >= 4 is 11.9 Å². The SMILES string of the molecule is O=C(O)Cn1cc(CNC(=O)C2(Cc3ccccc3)CC2)nn1. The van der Waals surface area contributed by atoms with Crippen LogP contribution >= 0.6 is 0 Å². The van der Waals surface area contributed by atoms with Crippen LogP contribution in [0.3, 0.4) is 0 Å². The molecular formula is C16H18N4O3. The first-order valence-electron chi connectivity index (χ1n) is 7.50. The number of nitrogens with one attached hydrogen (secondary N) is 1. The smallest absolute Gasteiger partial charge is 0.325 e. The summed E-state index contributed by atoms with van der Waals surface area (Å²) in [5.74, 6) is -0.959. The van der Waals surface area contributed by atoms with Crippen LogP contribution < -0.4 is 5.32 Å². The van der Waals surface area contributed by atoms with Gasteiger partial charge in [0, 0.05) is 0 Å². The average molecular weight is 314 g/mol. The van der Waals surface area contributed by atoms with Crippen molar-refractivity contribution in [1.29, 1.82) is 0 Å². The van der Waals surface area contributed by atoms with E-state index in [-0.39, 0.29) is 24.4 Å². The van der Waals surface area contributed by atoms with E-state index in [0.29, 0.717) is 5.69 Å². The molecule has 0 spiro atoms. The van der Waals surface area contributed by atoms with Crippen molar-refractivity contribution in [3.05, 3.63) is 47.8 Å². The number of carbonyl (C=O) groups excluding carboxylic acids is 1. The van der Waals surface area contributed by atoms with Crippen LogP contribution in [0.1, 0.15) is 24.1 Å². The monoisotopic (exact) mass is 314 g/mol. The standard InChI is InChI=1S/C16H18N4O3/c21-14(22)11-20-10-13(18-19-20)9-17-15(23)16(6-7-16)8-12-4-2-1-3-5-12/h1-5,10H,6-9,11H2,(H,17,23)(H,21,22). The molecule has 23 heavy (non-hydrogen) atoms. The molecule has 0 saturated heterocycles. The Balaban J connectivity index is 1.55. The van der Waals surface area contributed by atoms with E-state index in [1.54, 1.807) is 0 Å². The third-order valence-corrected chi connectivity index (χ3v) is 4.03. The van der Waals surface area contributed by atoms with Crippen molar-refractivity contribution < 1.29 is 14.7 Å². The first kappa shape index (κ1) is 15.2. The Kier molecular flexibility index (Phi) is 4.10. The maximum Gasteiger partial charge on any atom is 0.325 e. The molecule has 2 N–H and O–H groups in total. The van der Waals surface area contributed by atoms with Crippen LogP contribution in [-0.2, 0) is 29.1 Å². The van der Waals surface area contributed by atoms with Crippen LogP contribution in [0, 0.1) is 5.41 Å². The van der Waals surface area contributed by atoms with Crippen LogP contribution in [0.2, 0.25) is 0 Å². The number of carbonyl (C=O) groups is 2. The van der Waals surface area contributed by atoms with Gasteiger partial charge in [-0.05, 0) is 24.8 Å². The third-order valence-electron chi connectivity index (χ3n) is 4.03. The lowest BCUT2D eigenvalue weighted by Gasteiger charge is -2.14. The van der Waals surface area contributed by atoms with E-state index in [0.717, 1.165) is 24.8 Å². The molecule has 120 valence electrons. The minimum absolute atomic E-state index is 0.0223. The van der Waals surface area contributed by atoms with E-state index in [2.05, 4.69) is 15.6 Å². The minimum atomic E-state index is -0.981. The zero-order valence-electron chi connectivity index (χ0n) is 12.6. The summed E-state index contributed by atoms with van der Waals surface area (Å²) in [7, 11) is 0. The molecule has 0 unspecified atom stereocenters. The fraction of sp³-hybridized carbons (Fsp3) is 0.375. The number of rotatable bonds is 7.